The van der Waals surface area contributed by atoms with Gasteiger partial charge in [0.1, 0.15) is 12.3 Å². The highest BCUT2D eigenvalue weighted by molar-refractivity contribution is 7.92. The number of aryl methyl sites for hydroxylation is 1. The van der Waals surface area contributed by atoms with Gasteiger partial charge < -0.3 is 19.5 Å². The zero-order valence-electron chi connectivity index (χ0n) is 21.6. The van der Waals surface area contributed by atoms with Crippen molar-refractivity contribution in [3.63, 3.8) is 0 Å². The molecule has 3 aromatic rings. The van der Waals surface area contributed by atoms with Crippen LogP contribution in [0.3, 0.4) is 0 Å². The van der Waals surface area contributed by atoms with Crippen LogP contribution in [0.25, 0.3) is 0 Å². The van der Waals surface area contributed by atoms with Crippen molar-refractivity contribution in [3.05, 3.63) is 81.9 Å². The van der Waals surface area contributed by atoms with E-state index < -0.39 is 33.4 Å². The minimum absolute atomic E-state index is 0.183. The first-order valence-electron chi connectivity index (χ1n) is 11.4. The topological polar surface area (TPSA) is 137 Å². The summed E-state index contributed by atoms with van der Waals surface area (Å²) in [6.07, 6.45) is 0. The van der Waals surface area contributed by atoms with Crippen molar-refractivity contribution in [1.82, 2.24) is 5.32 Å². The molecule has 3 rings (SSSR count). The van der Waals surface area contributed by atoms with Crippen LogP contribution in [0.5, 0.6) is 17.2 Å². The largest absolute Gasteiger partial charge is 0.497 e. The summed E-state index contributed by atoms with van der Waals surface area (Å²) in [6.45, 7) is 2.68. The maximum Gasteiger partial charge on any atom is 0.273 e. The van der Waals surface area contributed by atoms with Crippen LogP contribution in [0.4, 0.5) is 11.4 Å². The van der Waals surface area contributed by atoms with Gasteiger partial charge in [-0.25, -0.2) is 8.42 Å². The quantitative estimate of drug-likeness (QED) is 0.283. The zero-order chi connectivity index (χ0) is 28.0. The molecule has 12 heteroatoms. The summed E-state index contributed by atoms with van der Waals surface area (Å²) >= 11 is 0. The predicted octanol–water partition coefficient (Wildman–Crippen LogP) is 4.00. The molecule has 0 spiro atoms. The van der Waals surface area contributed by atoms with Gasteiger partial charge in [-0.1, -0.05) is 12.1 Å². The molecule has 0 saturated carbocycles. The monoisotopic (exact) mass is 543 g/mol. The third-order valence-corrected chi connectivity index (χ3v) is 7.67. The van der Waals surface area contributed by atoms with Gasteiger partial charge in [-0.2, -0.15) is 0 Å². The van der Waals surface area contributed by atoms with Gasteiger partial charge in [0.15, 0.2) is 11.5 Å². The summed E-state index contributed by atoms with van der Waals surface area (Å²) < 4.78 is 44.0. The molecule has 202 valence electrons. The number of nitro benzene ring substituents is 1. The summed E-state index contributed by atoms with van der Waals surface area (Å²) in [4.78, 5) is 23.6. The number of hydrogen-bond donors (Lipinski definition) is 1. The van der Waals surface area contributed by atoms with Gasteiger partial charge >= 0.3 is 0 Å². The van der Waals surface area contributed by atoms with E-state index in [2.05, 4.69) is 5.32 Å². The Balaban J connectivity index is 1.95. The van der Waals surface area contributed by atoms with Crippen LogP contribution in [0.15, 0.2) is 65.6 Å². The summed E-state index contributed by atoms with van der Waals surface area (Å²) in [6, 6.07) is 14.4. The number of rotatable bonds is 11. The van der Waals surface area contributed by atoms with Crippen LogP contribution in [-0.4, -0.2) is 47.1 Å². The molecule has 3 aromatic carbocycles. The summed E-state index contributed by atoms with van der Waals surface area (Å²) in [5.41, 5.74) is 0.866. The highest BCUT2D eigenvalue weighted by Crippen LogP contribution is 2.31. The van der Waals surface area contributed by atoms with E-state index in [1.165, 1.54) is 52.5 Å². The molecule has 1 amide bonds. The smallest absolute Gasteiger partial charge is 0.273 e. The van der Waals surface area contributed by atoms with Crippen molar-refractivity contribution in [2.75, 3.05) is 32.2 Å². The Labute approximate surface area is 221 Å². The Morgan fingerprint density at radius 2 is 1.63 bits per heavy atom. The lowest BCUT2D eigenvalue weighted by Gasteiger charge is -2.25. The molecule has 0 aromatic heterocycles. The van der Waals surface area contributed by atoms with E-state index >= 15 is 0 Å². The fraction of sp³-hybridized carbons (Fsp3) is 0.269. The minimum Gasteiger partial charge on any atom is -0.497 e. The van der Waals surface area contributed by atoms with Crippen molar-refractivity contribution in [2.24, 2.45) is 0 Å². The number of carbonyl (C=O) groups is 1. The molecule has 0 unspecified atom stereocenters. The average Bonchev–Trinajstić information content (AvgIpc) is 2.91. The predicted molar refractivity (Wildman–Crippen MR) is 141 cm³/mol. The highest BCUT2D eigenvalue weighted by atomic mass is 32.2. The van der Waals surface area contributed by atoms with Gasteiger partial charge in [-0.15, -0.1) is 0 Å². The molecular formula is C26H29N3O8S. The highest BCUT2D eigenvalue weighted by Gasteiger charge is 2.30. The van der Waals surface area contributed by atoms with Gasteiger partial charge in [0, 0.05) is 11.6 Å². The van der Waals surface area contributed by atoms with Crippen LogP contribution in [0, 0.1) is 17.0 Å². The van der Waals surface area contributed by atoms with Crippen LogP contribution in [0.1, 0.15) is 24.1 Å². The fourth-order valence-electron chi connectivity index (χ4n) is 3.76. The molecule has 0 radical (unpaired) electrons. The second kappa shape index (κ2) is 11.8. The normalized spacial score (nSPS) is 11.8. The SMILES string of the molecule is COc1ccc(N(CC(=O)N[C@@H](C)c2ccc(OC)c(OC)c2)S(=O)(=O)c2ccc(C)c([N+](=O)[O-])c2)cc1. The van der Waals surface area contributed by atoms with Gasteiger partial charge in [-0.05, 0) is 61.9 Å². The molecule has 11 nitrogen and oxygen atoms in total. The van der Waals surface area contributed by atoms with Crippen molar-refractivity contribution in [3.8, 4) is 17.2 Å². The van der Waals surface area contributed by atoms with Gasteiger partial charge in [-0.3, -0.25) is 19.2 Å². The number of ether oxygens (including phenoxy) is 3. The standard InChI is InChI=1S/C26H29N3O8S/c1-17-6-12-22(15-23(17)29(31)32)38(33,34)28(20-8-10-21(35-3)11-9-20)16-26(30)27-18(2)19-7-13-24(36-4)25(14-19)37-5/h6-15,18H,16H2,1-5H3,(H,27,30)/t18-/m0/s1. The molecule has 38 heavy (non-hydrogen) atoms. The first-order valence-corrected chi connectivity index (χ1v) is 12.9. The Hall–Kier alpha value is -4.32. The average molecular weight is 544 g/mol. The first kappa shape index (κ1) is 28.3. The Kier molecular flexibility index (Phi) is 8.79. The third kappa shape index (κ3) is 6.14. The van der Waals surface area contributed by atoms with E-state index in [0.29, 0.717) is 28.4 Å². The second-order valence-corrected chi connectivity index (χ2v) is 10.2. The number of hydrogen-bond acceptors (Lipinski definition) is 8. The molecule has 1 N–H and O–H groups in total. The number of anilines is 1. The van der Waals surface area contributed by atoms with E-state index in [-0.39, 0.29) is 16.3 Å². The van der Waals surface area contributed by atoms with Crippen LogP contribution < -0.4 is 23.8 Å². The van der Waals surface area contributed by atoms with E-state index in [1.54, 1.807) is 37.3 Å². The first-order chi connectivity index (χ1) is 18.0. The van der Waals surface area contributed by atoms with Crippen molar-refractivity contribution in [2.45, 2.75) is 24.8 Å². The second-order valence-electron chi connectivity index (χ2n) is 8.32. The lowest BCUT2D eigenvalue weighted by molar-refractivity contribution is -0.385. The molecule has 0 saturated heterocycles. The van der Waals surface area contributed by atoms with E-state index in [1.807, 2.05) is 0 Å². The summed E-state index contributed by atoms with van der Waals surface area (Å²) in [7, 11) is 0.111. The van der Waals surface area contributed by atoms with E-state index in [0.717, 1.165) is 10.4 Å². The summed E-state index contributed by atoms with van der Waals surface area (Å²) in [5.74, 6) is 0.908. The third-order valence-electron chi connectivity index (χ3n) is 5.90. The molecule has 0 bridgehead atoms. The number of methoxy groups -OCH3 is 3. The van der Waals surface area contributed by atoms with Gasteiger partial charge in [0.05, 0.1) is 42.9 Å². The number of nitro groups is 1. The van der Waals surface area contributed by atoms with Crippen molar-refractivity contribution in [1.29, 1.82) is 0 Å². The number of benzene rings is 3. The number of carbonyl (C=O) groups excluding carboxylic acids is 1. The number of nitrogens with zero attached hydrogens (tertiary/aromatic N) is 2. The number of sulfonamides is 1. The molecule has 1 atom stereocenters. The van der Waals surface area contributed by atoms with Crippen LogP contribution in [-0.2, 0) is 14.8 Å². The molecule has 0 aliphatic heterocycles. The number of amides is 1. The Bertz CT molecular complexity index is 1420. The van der Waals surface area contributed by atoms with E-state index in [9.17, 15) is 23.3 Å². The molecule has 0 aliphatic carbocycles. The van der Waals surface area contributed by atoms with Gasteiger partial charge in [0.25, 0.3) is 15.7 Å². The van der Waals surface area contributed by atoms with Crippen molar-refractivity contribution >= 4 is 27.3 Å². The van der Waals surface area contributed by atoms with E-state index in [4.69, 9.17) is 14.2 Å². The lowest BCUT2D eigenvalue weighted by Crippen LogP contribution is -2.41. The Morgan fingerprint density at radius 1 is 0.974 bits per heavy atom. The van der Waals surface area contributed by atoms with Crippen LogP contribution >= 0.6 is 0 Å². The van der Waals surface area contributed by atoms with Crippen LogP contribution in [0.2, 0.25) is 0 Å². The number of nitrogens with one attached hydrogen (secondary N) is 1. The Morgan fingerprint density at radius 3 is 2.21 bits per heavy atom. The molecular weight excluding hydrogens is 514 g/mol. The zero-order valence-corrected chi connectivity index (χ0v) is 22.4. The maximum atomic E-state index is 13.7. The molecule has 0 aliphatic rings. The molecule has 0 heterocycles. The minimum atomic E-state index is -4.37. The maximum absolute atomic E-state index is 13.7. The fourth-order valence-corrected chi connectivity index (χ4v) is 5.20. The van der Waals surface area contributed by atoms with Gasteiger partial charge in [0.2, 0.25) is 5.91 Å². The van der Waals surface area contributed by atoms with Crippen molar-refractivity contribution < 1.29 is 32.3 Å². The molecule has 0 fully saturated rings. The summed E-state index contributed by atoms with van der Waals surface area (Å²) in [5, 5.41) is 14.2. The lowest BCUT2D eigenvalue weighted by atomic mass is 10.1.